The lowest BCUT2D eigenvalue weighted by atomic mass is 10.1. The first-order chi connectivity index (χ1) is 9.97. The fourth-order valence-electron chi connectivity index (χ4n) is 2.53. The first-order valence-electron chi connectivity index (χ1n) is 7.68. The number of hydrogen-bond acceptors (Lipinski definition) is 3. The van der Waals surface area contributed by atoms with Gasteiger partial charge in [0, 0.05) is 6.54 Å². The van der Waals surface area contributed by atoms with Gasteiger partial charge in [0.05, 0.1) is 18.2 Å². The predicted molar refractivity (Wildman–Crippen MR) is 90.1 cm³/mol. The van der Waals surface area contributed by atoms with Crippen molar-refractivity contribution in [2.75, 3.05) is 20.3 Å². The van der Waals surface area contributed by atoms with Gasteiger partial charge in [0.25, 0.3) is 0 Å². The van der Waals surface area contributed by atoms with Crippen molar-refractivity contribution in [1.29, 1.82) is 0 Å². The molecular weight excluding hydrogens is 330 g/mol. The molecular formula is C17H26BrNO2. The van der Waals surface area contributed by atoms with Crippen molar-refractivity contribution in [1.82, 2.24) is 5.32 Å². The highest BCUT2D eigenvalue weighted by atomic mass is 79.9. The molecule has 0 aromatic heterocycles. The van der Waals surface area contributed by atoms with Crippen LogP contribution < -0.4 is 14.8 Å². The number of benzene rings is 1. The largest absolute Gasteiger partial charge is 0.493 e. The van der Waals surface area contributed by atoms with E-state index in [1.165, 1.54) is 12.0 Å². The molecule has 1 atom stereocenters. The molecule has 3 nitrogen and oxygen atoms in total. The summed E-state index contributed by atoms with van der Waals surface area (Å²) in [4.78, 5) is 0. The lowest BCUT2D eigenvalue weighted by Crippen LogP contribution is -2.18. The van der Waals surface area contributed by atoms with E-state index in [2.05, 4.69) is 54.2 Å². The molecule has 1 saturated carbocycles. The highest BCUT2D eigenvalue weighted by Gasteiger charge is 2.44. The summed E-state index contributed by atoms with van der Waals surface area (Å²) < 4.78 is 12.2. The minimum absolute atomic E-state index is 0.531. The van der Waals surface area contributed by atoms with E-state index in [1.54, 1.807) is 7.11 Å². The van der Waals surface area contributed by atoms with E-state index in [0.29, 0.717) is 12.0 Å². The van der Waals surface area contributed by atoms with Crippen LogP contribution in [0.5, 0.6) is 11.5 Å². The second-order valence-corrected chi connectivity index (χ2v) is 7.33. The molecule has 0 bridgehead atoms. The molecule has 0 amide bonds. The van der Waals surface area contributed by atoms with Gasteiger partial charge in [-0.2, -0.15) is 0 Å². The number of hydrogen-bond donors (Lipinski definition) is 1. The maximum atomic E-state index is 5.75. The van der Waals surface area contributed by atoms with Crippen LogP contribution in [0.1, 0.15) is 39.2 Å². The number of ether oxygens (including phenoxy) is 2. The molecule has 1 N–H and O–H groups in total. The van der Waals surface area contributed by atoms with Crippen molar-refractivity contribution in [3.63, 3.8) is 0 Å². The van der Waals surface area contributed by atoms with Gasteiger partial charge in [-0.15, -0.1) is 0 Å². The molecule has 2 rings (SSSR count). The number of nitrogens with one attached hydrogen (secondary N) is 1. The molecule has 0 radical (unpaired) electrons. The SMILES string of the molecule is CCCOc1c(Br)cc(CNCC2CC2(C)C)cc1OC. The van der Waals surface area contributed by atoms with Crippen LogP contribution in [0.4, 0.5) is 0 Å². The number of halogens is 1. The van der Waals surface area contributed by atoms with Crippen LogP contribution in [0.15, 0.2) is 16.6 Å². The standard InChI is InChI=1S/C17H26BrNO2/c1-5-6-21-16-14(18)7-12(8-15(16)20-4)10-19-11-13-9-17(13,2)3/h7-8,13,19H,5-6,9-11H2,1-4H3. The van der Waals surface area contributed by atoms with Crippen LogP contribution in [0.25, 0.3) is 0 Å². The average molecular weight is 356 g/mol. The maximum Gasteiger partial charge on any atom is 0.175 e. The van der Waals surface area contributed by atoms with Gasteiger partial charge in [-0.05, 0) is 64.3 Å². The topological polar surface area (TPSA) is 30.5 Å². The molecule has 1 aromatic carbocycles. The van der Waals surface area contributed by atoms with Crippen molar-refractivity contribution in [2.24, 2.45) is 11.3 Å². The zero-order valence-electron chi connectivity index (χ0n) is 13.5. The first-order valence-corrected chi connectivity index (χ1v) is 8.47. The third-order valence-electron chi connectivity index (χ3n) is 4.18. The van der Waals surface area contributed by atoms with Crippen LogP contribution in [0, 0.1) is 11.3 Å². The summed E-state index contributed by atoms with van der Waals surface area (Å²) in [5, 5.41) is 3.54. The Hall–Kier alpha value is -0.740. The van der Waals surface area contributed by atoms with Crippen molar-refractivity contribution in [3.05, 3.63) is 22.2 Å². The molecule has 0 heterocycles. The second-order valence-electron chi connectivity index (χ2n) is 6.48. The minimum atomic E-state index is 0.531. The van der Waals surface area contributed by atoms with E-state index >= 15 is 0 Å². The summed E-state index contributed by atoms with van der Waals surface area (Å²) >= 11 is 3.59. The van der Waals surface area contributed by atoms with E-state index < -0.39 is 0 Å². The highest BCUT2D eigenvalue weighted by molar-refractivity contribution is 9.10. The van der Waals surface area contributed by atoms with E-state index in [4.69, 9.17) is 9.47 Å². The van der Waals surface area contributed by atoms with Gasteiger partial charge in [0.15, 0.2) is 11.5 Å². The summed E-state index contributed by atoms with van der Waals surface area (Å²) in [6.45, 7) is 9.40. The van der Waals surface area contributed by atoms with Gasteiger partial charge < -0.3 is 14.8 Å². The Morgan fingerprint density at radius 2 is 2.10 bits per heavy atom. The van der Waals surface area contributed by atoms with Gasteiger partial charge in [0.1, 0.15) is 0 Å². The van der Waals surface area contributed by atoms with Gasteiger partial charge in [-0.25, -0.2) is 0 Å². The highest BCUT2D eigenvalue weighted by Crippen LogP contribution is 2.51. The number of rotatable bonds is 8. The molecule has 1 fully saturated rings. The lowest BCUT2D eigenvalue weighted by molar-refractivity contribution is 0.292. The van der Waals surface area contributed by atoms with Crippen molar-refractivity contribution in [2.45, 2.75) is 40.2 Å². The Morgan fingerprint density at radius 3 is 2.67 bits per heavy atom. The van der Waals surface area contributed by atoms with Crippen LogP contribution in [0.2, 0.25) is 0 Å². The zero-order valence-corrected chi connectivity index (χ0v) is 15.0. The molecule has 0 saturated heterocycles. The molecule has 4 heteroatoms. The molecule has 1 aliphatic rings. The Bertz CT molecular complexity index is 488. The normalized spacial score (nSPS) is 19.4. The summed E-state index contributed by atoms with van der Waals surface area (Å²) in [6.07, 6.45) is 2.31. The van der Waals surface area contributed by atoms with Crippen LogP contribution in [-0.2, 0) is 6.54 Å². The summed E-state index contributed by atoms with van der Waals surface area (Å²) in [6, 6.07) is 4.17. The Labute approximate surface area is 136 Å². The Morgan fingerprint density at radius 1 is 1.38 bits per heavy atom. The first kappa shape index (κ1) is 16.6. The monoisotopic (exact) mass is 355 g/mol. The van der Waals surface area contributed by atoms with E-state index in [-0.39, 0.29) is 0 Å². The van der Waals surface area contributed by atoms with E-state index in [9.17, 15) is 0 Å². The van der Waals surface area contributed by atoms with Crippen molar-refractivity contribution < 1.29 is 9.47 Å². The maximum absolute atomic E-state index is 5.75. The molecule has 0 spiro atoms. The van der Waals surface area contributed by atoms with E-state index in [0.717, 1.165) is 41.4 Å². The summed E-state index contributed by atoms with van der Waals surface area (Å²) in [5.74, 6) is 2.41. The molecule has 118 valence electrons. The molecule has 1 aliphatic carbocycles. The molecule has 0 aliphatic heterocycles. The fourth-order valence-corrected chi connectivity index (χ4v) is 3.14. The molecule has 21 heavy (non-hydrogen) atoms. The molecule has 1 unspecified atom stereocenters. The van der Waals surface area contributed by atoms with Crippen LogP contribution in [-0.4, -0.2) is 20.3 Å². The van der Waals surface area contributed by atoms with Gasteiger partial charge in [-0.3, -0.25) is 0 Å². The second kappa shape index (κ2) is 7.01. The van der Waals surface area contributed by atoms with Crippen LogP contribution >= 0.6 is 15.9 Å². The van der Waals surface area contributed by atoms with Crippen molar-refractivity contribution >= 4 is 15.9 Å². The Balaban J connectivity index is 1.95. The Kier molecular flexibility index (Phi) is 5.55. The lowest BCUT2D eigenvalue weighted by Gasteiger charge is -2.14. The summed E-state index contributed by atoms with van der Waals surface area (Å²) in [7, 11) is 1.69. The quantitative estimate of drug-likeness (QED) is 0.750. The average Bonchev–Trinajstić information content (AvgIpc) is 3.04. The smallest absolute Gasteiger partial charge is 0.175 e. The van der Waals surface area contributed by atoms with E-state index in [1.807, 2.05) is 0 Å². The van der Waals surface area contributed by atoms with Crippen LogP contribution in [0.3, 0.4) is 0 Å². The van der Waals surface area contributed by atoms with Gasteiger partial charge in [0.2, 0.25) is 0 Å². The molecule has 1 aromatic rings. The third-order valence-corrected chi connectivity index (χ3v) is 4.77. The van der Waals surface area contributed by atoms with Crippen molar-refractivity contribution in [3.8, 4) is 11.5 Å². The fraction of sp³-hybridized carbons (Fsp3) is 0.647. The predicted octanol–water partition coefficient (Wildman–Crippen LogP) is 4.38. The third kappa shape index (κ3) is 4.36. The number of methoxy groups -OCH3 is 1. The van der Waals surface area contributed by atoms with Gasteiger partial charge in [-0.1, -0.05) is 20.8 Å². The minimum Gasteiger partial charge on any atom is -0.493 e. The zero-order chi connectivity index (χ0) is 15.5. The van der Waals surface area contributed by atoms with Gasteiger partial charge >= 0.3 is 0 Å². The summed E-state index contributed by atoms with van der Waals surface area (Å²) in [5.41, 5.74) is 1.74.